The highest BCUT2D eigenvalue weighted by atomic mass is 35.5. The minimum absolute atomic E-state index is 0.174. The van der Waals surface area contributed by atoms with E-state index in [-0.39, 0.29) is 5.69 Å². The van der Waals surface area contributed by atoms with Gasteiger partial charge in [-0.3, -0.25) is 0 Å². The van der Waals surface area contributed by atoms with Gasteiger partial charge in [-0.15, -0.1) is 0 Å². The molecule has 3 rings (SSSR count). The fraction of sp³-hybridized carbons (Fsp3) is 0.294. The molecule has 1 fully saturated rings. The van der Waals surface area contributed by atoms with Crippen LogP contribution in [0, 0.1) is 5.92 Å². The highest BCUT2D eigenvalue weighted by Gasteiger charge is 2.22. The standard InChI is InChI=1S/C17H17ClN2O3/c18-13-6-7-16(22-10-11-4-5-11)12(8-13)9-14-2-1-3-15(20-14)17(21)23-19/h1-3,6-8,11H,4-5,9-10,19H2. The molecule has 2 N–H and O–H groups in total. The first-order valence-corrected chi connectivity index (χ1v) is 7.81. The van der Waals surface area contributed by atoms with Crippen LogP contribution in [-0.2, 0) is 11.3 Å². The van der Waals surface area contributed by atoms with Crippen LogP contribution in [0.4, 0.5) is 0 Å². The highest BCUT2D eigenvalue weighted by molar-refractivity contribution is 6.30. The molecule has 1 aromatic heterocycles. The lowest BCUT2D eigenvalue weighted by atomic mass is 10.1. The maximum Gasteiger partial charge on any atom is 0.375 e. The first kappa shape index (κ1) is 15.8. The van der Waals surface area contributed by atoms with Crippen LogP contribution < -0.4 is 10.6 Å². The summed E-state index contributed by atoms with van der Waals surface area (Å²) in [7, 11) is 0. The number of benzene rings is 1. The molecule has 1 saturated carbocycles. The van der Waals surface area contributed by atoms with E-state index in [0.717, 1.165) is 17.9 Å². The van der Waals surface area contributed by atoms with E-state index in [1.165, 1.54) is 12.8 Å². The predicted octanol–water partition coefficient (Wildman–Crippen LogP) is 3.15. The van der Waals surface area contributed by atoms with Crippen molar-refractivity contribution in [2.24, 2.45) is 11.8 Å². The summed E-state index contributed by atoms with van der Waals surface area (Å²) in [5, 5.41) is 0.635. The largest absolute Gasteiger partial charge is 0.493 e. The van der Waals surface area contributed by atoms with Crippen molar-refractivity contribution in [3.63, 3.8) is 0 Å². The van der Waals surface area contributed by atoms with Crippen LogP contribution >= 0.6 is 11.6 Å². The van der Waals surface area contributed by atoms with E-state index in [4.69, 9.17) is 22.2 Å². The van der Waals surface area contributed by atoms with Crippen molar-refractivity contribution in [1.29, 1.82) is 0 Å². The average molecular weight is 333 g/mol. The molecule has 0 radical (unpaired) electrons. The van der Waals surface area contributed by atoms with Gasteiger partial charge in [-0.25, -0.2) is 9.78 Å². The van der Waals surface area contributed by atoms with Gasteiger partial charge in [0, 0.05) is 22.7 Å². The maximum absolute atomic E-state index is 11.5. The number of ether oxygens (including phenoxy) is 1. The molecule has 0 saturated heterocycles. The highest BCUT2D eigenvalue weighted by Crippen LogP contribution is 2.31. The summed E-state index contributed by atoms with van der Waals surface area (Å²) < 4.78 is 5.89. The van der Waals surface area contributed by atoms with Gasteiger partial charge >= 0.3 is 5.97 Å². The lowest BCUT2D eigenvalue weighted by Crippen LogP contribution is -2.12. The van der Waals surface area contributed by atoms with Crippen LogP contribution in [0.3, 0.4) is 0 Å². The number of nitrogens with zero attached hydrogens (tertiary/aromatic N) is 1. The van der Waals surface area contributed by atoms with E-state index in [0.29, 0.717) is 23.1 Å². The zero-order valence-electron chi connectivity index (χ0n) is 12.5. The second kappa shape index (κ2) is 6.98. The summed E-state index contributed by atoms with van der Waals surface area (Å²) in [5.74, 6) is 5.70. The quantitative estimate of drug-likeness (QED) is 0.822. The second-order valence-electron chi connectivity index (χ2n) is 5.60. The summed E-state index contributed by atoms with van der Waals surface area (Å²) in [6.45, 7) is 0.724. The van der Waals surface area contributed by atoms with Gasteiger partial charge in [0.25, 0.3) is 0 Å². The third kappa shape index (κ3) is 4.21. The van der Waals surface area contributed by atoms with Crippen molar-refractivity contribution in [1.82, 2.24) is 4.98 Å². The van der Waals surface area contributed by atoms with E-state index >= 15 is 0 Å². The molecule has 1 aliphatic carbocycles. The molecule has 2 aromatic rings. The number of carbonyl (C=O) groups is 1. The summed E-state index contributed by atoms with van der Waals surface area (Å²) in [6.07, 6.45) is 2.97. The van der Waals surface area contributed by atoms with Crippen LogP contribution in [0.1, 0.15) is 34.6 Å². The molecule has 0 spiro atoms. The van der Waals surface area contributed by atoms with Gasteiger partial charge in [-0.2, -0.15) is 5.90 Å². The Morgan fingerprint density at radius 1 is 1.30 bits per heavy atom. The van der Waals surface area contributed by atoms with Crippen LogP contribution in [0.5, 0.6) is 5.75 Å². The number of hydrogen-bond donors (Lipinski definition) is 1. The minimum atomic E-state index is -0.664. The molecule has 5 nitrogen and oxygen atoms in total. The molecule has 1 aromatic carbocycles. The minimum Gasteiger partial charge on any atom is -0.493 e. The Kier molecular flexibility index (Phi) is 4.79. The number of aromatic nitrogens is 1. The second-order valence-corrected chi connectivity index (χ2v) is 6.04. The molecule has 0 aliphatic heterocycles. The summed E-state index contributed by atoms with van der Waals surface area (Å²) >= 11 is 6.10. The summed E-state index contributed by atoms with van der Waals surface area (Å²) in [6, 6.07) is 10.7. The molecule has 0 unspecified atom stereocenters. The fourth-order valence-corrected chi connectivity index (χ4v) is 2.46. The van der Waals surface area contributed by atoms with Gasteiger partial charge in [-0.05, 0) is 49.1 Å². The Hall–Kier alpha value is -2.11. The normalized spacial score (nSPS) is 13.7. The SMILES string of the molecule is NOC(=O)c1cccc(Cc2cc(Cl)ccc2OCC2CC2)n1. The van der Waals surface area contributed by atoms with E-state index in [1.807, 2.05) is 24.3 Å². The van der Waals surface area contributed by atoms with Crippen molar-refractivity contribution in [2.75, 3.05) is 6.61 Å². The number of rotatable bonds is 6. The summed E-state index contributed by atoms with van der Waals surface area (Å²) in [5.41, 5.74) is 1.82. The van der Waals surface area contributed by atoms with Crippen LogP contribution in [0.25, 0.3) is 0 Å². The number of halogens is 1. The Morgan fingerprint density at radius 3 is 2.87 bits per heavy atom. The van der Waals surface area contributed by atoms with Gasteiger partial charge in [0.15, 0.2) is 0 Å². The summed E-state index contributed by atoms with van der Waals surface area (Å²) in [4.78, 5) is 19.9. The molecule has 0 bridgehead atoms. The van der Waals surface area contributed by atoms with Crippen molar-refractivity contribution in [3.8, 4) is 5.75 Å². The Bertz CT molecular complexity index is 717. The first-order chi connectivity index (χ1) is 11.2. The molecule has 1 heterocycles. The number of carbonyl (C=O) groups excluding carboxylic acids is 1. The zero-order valence-corrected chi connectivity index (χ0v) is 13.3. The van der Waals surface area contributed by atoms with Crippen molar-refractivity contribution in [2.45, 2.75) is 19.3 Å². The van der Waals surface area contributed by atoms with E-state index < -0.39 is 5.97 Å². The number of pyridine rings is 1. The number of hydrogen-bond acceptors (Lipinski definition) is 5. The van der Waals surface area contributed by atoms with Crippen LogP contribution in [0.2, 0.25) is 5.02 Å². The Labute approximate surface area is 139 Å². The van der Waals surface area contributed by atoms with Gasteiger partial charge < -0.3 is 9.57 Å². The topological polar surface area (TPSA) is 74.4 Å². The number of nitrogens with two attached hydrogens (primary N) is 1. The van der Waals surface area contributed by atoms with Gasteiger partial charge in [0.1, 0.15) is 11.4 Å². The first-order valence-electron chi connectivity index (χ1n) is 7.44. The smallest absolute Gasteiger partial charge is 0.375 e. The fourth-order valence-electron chi connectivity index (χ4n) is 2.27. The molecular formula is C17H17ClN2O3. The van der Waals surface area contributed by atoms with Gasteiger partial charge in [-0.1, -0.05) is 17.7 Å². The molecule has 0 amide bonds. The van der Waals surface area contributed by atoms with Crippen molar-refractivity contribution < 1.29 is 14.4 Å². The third-order valence-corrected chi connectivity index (χ3v) is 3.92. The van der Waals surface area contributed by atoms with Gasteiger partial charge in [0.05, 0.1) is 6.61 Å². The molecule has 6 heteroatoms. The van der Waals surface area contributed by atoms with Crippen LogP contribution in [-0.4, -0.2) is 17.6 Å². The molecule has 23 heavy (non-hydrogen) atoms. The van der Waals surface area contributed by atoms with E-state index in [1.54, 1.807) is 12.1 Å². The Morgan fingerprint density at radius 2 is 2.13 bits per heavy atom. The molecular weight excluding hydrogens is 316 g/mol. The van der Waals surface area contributed by atoms with Crippen LogP contribution in [0.15, 0.2) is 36.4 Å². The van der Waals surface area contributed by atoms with E-state index in [9.17, 15) is 4.79 Å². The predicted molar refractivity (Wildman–Crippen MR) is 86.3 cm³/mol. The van der Waals surface area contributed by atoms with Gasteiger partial charge in [0.2, 0.25) is 0 Å². The third-order valence-electron chi connectivity index (χ3n) is 3.69. The van der Waals surface area contributed by atoms with E-state index in [2.05, 4.69) is 9.82 Å². The zero-order chi connectivity index (χ0) is 16.2. The average Bonchev–Trinajstić information content (AvgIpc) is 3.38. The lowest BCUT2D eigenvalue weighted by Gasteiger charge is -2.12. The molecule has 120 valence electrons. The maximum atomic E-state index is 11.5. The Balaban J connectivity index is 1.80. The van der Waals surface area contributed by atoms with Crippen molar-refractivity contribution >= 4 is 17.6 Å². The monoisotopic (exact) mass is 332 g/mol. The lowest BCUT2D eigenvalue weighted by molar-refractivity contribution is 0.0496. The molecule has 0 atom stereocenters. The van der Waals surface area contributed by atoms with Crippen molar-refractivity contribution in [3.05, 3.63) is 58.4 Å². The molecule has 1 aliphatic rings.